The number of halogens is 4. The highest BCUT2D eigenvalue weighted by atomic mass is 79.9. The van der Waals surface area contributed by atoms with Crippen LogP contribution in [0.25, 0.3) is 10.9 Å². The van der Waals surface area contributed by atoms with Crippen molar-refractivity contribution in [2.24, 2.45) is 12.0 Å². The molecule has 0 radical (unpaired) electrons. The summed E-state index contributed by atoms with van der Waals surface area (Å²) in [5.41, 5.74) is 3.51. The number of amidine groups is 1. The van der Waals surface area contributed by atoms with Gasteiger partial charge in [-0.05, 0) is 42.5 Å². The molecule has 0 saturated carbocycles. The molecule has 0 fully saturated rings. The van der Waals surface area contributed by atoms with E-state index in [2.05, 4.69) is 30.8 Å². The summed E-state index contributed by atoms with van der Waals surface area (Å²) in [5, 5.41) is 14.5. The Morgan fingerprint density at radius 3 is 2.54 bits per heavy atom. The quantitative estimate of drug-likeness (QED) is 0.370. The highest BCUT2D eigenvalue weighted by Gasteiger charge is 2.30. The maximum Gasteiger partial charge on any atom is 0.573 e. The Balaban J connectivity index is 1.96. The Hall–Kier alpha value is -2.59. The van der Waals surface area contributed by atoms with Crippen molar-refractivity contribution < 1.29 is 23.1 Å². The molecular formula is C16H12BrF3N4O2. The highest BCUT2D eigenvalue weighted by molar-refractivity contribution is 9.10. The molecule has 0 aliphatic carbocycles. The average Bonchev–Trinajstić information content (AvgIpc) is 2.89. The van der Waals surface area contributed by atoms with E-state index in [0.29, 0.717) is 11.4 Å². The molecule has 2 N–H and O–H groups in total. The molecule has 0 saturated heterocycles. The molecule has 2 aromatic carbocycles. The lowest BCUT2D eigenvalue weighted by atomic mass is 10.2. The number of hydrogen-bond donors (Lipinski definition) is 2. The van der Waals surface area contributed by atoms with E-state index in [1.54, 1.807) is 11.7 Å². The van der Waals surface area contributed by atoms with Crippen molar-refractivity contribution in [3.8, 4) is 5.75 Å². The van der Waals surface area contributed by atoms with Crippen LogP contribution in [0.2, 0.25) is 0 Å². The number of nitrogens with zero attached hydrogens (tertiary/aromatic N) is 3. The first-order valence-corrected chi connectivity index (χ1v) is 8.03. The van der Waals surface area contributed by atoms with Gasteiger partial charge in [-0.1, -0.05) is 15.9 Å². The smallest absolute Gasteiger partial charge is 0.406 e. The van der Waals surface area contributed by atoms with Crippen LogP contribution in [0.1, 0.15) is 5.69 Å². The number of rotatable bonds is 3. The van der Waals surface area contributed by atoms with Crippen molar-refractivity contribution in [2.75, 3.05) is 0 Å². The van der Waals surface area contributed by atoms with Crippen molar-refractivity contribution in [3.63, 3.8) is 0 Å². The summed E-state index contributed by atoms with van der Waals surface area (Å²) in [6.07, 6.45) is -4.76. The summed E-state index contributed by atoms with van der Waals surface area (Å²) in [5.74, 6) is -0.300. The molecule has 10 heteroatoms. The van der Waals surface area contributed by atoms with E-state index in [0.717, 1.165) is 27.5 Å². The van der Waals surface area contributed by atoms with E-state index < -0.39 is 6.36 Å². The van der Waals surface area contributed by atoms with Crippen molar-refractivity contribution >= 4 is 38.4 Å². The molecular weight excluding hydrogens is 417 g/mol. The molecule has 3 aromatic rings. The van der Waals surface area contributed by atoms with E-state index in [-0.39, 0.29) is 11.6 Å². The lowest BCUT2D eigenvalue weighted by molar-refractivity contribution is -0.274. The molecule has 0 bridgehead atoms. The molecule has 0 aliphatic heterocycles. The minimum atomic E-state index is -4.76. The zero-order valence-corrected chi connectivity index (χ0v) is 14.8. The van der Waals surface area contributed by atoms with Crippen molar-refractivity contribution in [2.45, 2.75) is 6.36 Å². The van der Waals surface area contributed by atoms with Gasteiger partial charge in [0.05, 0.1) is 11.2 Å². The van der Waals surface area contributed by atoms with Crippen LogP contribution in [0, 0.1) is 0 Å². The van der Waals surface area contributed by atoms with E-state index in [4.69, 9.17) is 0 Å². The molecule has 1 heterocycles. The molecule has 3 rings (SSSR count). The van der Waals surface area contributed by atoms with Gasteiger partial charge in [-0.25, -0.2) is 4.99 Å². The topological polar surface area (TPSA) is 71.7 Å². The number of nitrogens with one attached hydrogen (secondary N) is 1. The second-order valence-electron chi connectivity index (χ2n) is 5.25. The average molecular weight is 429 g/mol. The molecule has 0 atom stereocenters. The summed E-state index contributed by atoms with van der Waals surface area (Å²) >= 11 is 3.38. The number of fused-ring (bicyclic) bond motifs is 1. The maximum atomic E-state index is 12.2. The molecule has 136 valence electrons. The lowest BCUT2D eigenvalue weighted by Crippen LogP contribution is -2.21. The number of hydrogen-bond acceptors (Lipinski definition) is 4. The number of alkyl halides is 3. The minimum absolute atomic E-state index is 0.0578. The molecule has 6 nitrogen and oxygen atoms in total. The maximum absolute atomic E-state index is 12.2. The number of benzene rings is 2. The third kappa shape index (κ3) is 3.97. The van der Waals surface area contributed by atoms with Crippen LogP contribution in [-0.2, 0) is 7.05 Å². The van der Waals surface area contributed by atoms with Crippen molar-refractivity contribution in [1.29, 1.82) is 0 Å². The highest BCUT2D eigenvalue weighted by Crippen LogP contribution is 2.26. The third-order valence-corrected chi connectivity index (χ3v) is 3.95. The van der Waals surface area contributed by atoms with Crippen LogP contribution in [0.4, 0.5) is 18.9 Å². The molecule has 0 aliphatic rings. The van der Waals surface area contributed by atoms with Gasteiger partial charge in [-0.15, -0.1) is 13.2 Å². The van der Waals surface area contributed by atoms with Crippen LogP contribution in [0.15, 0.2) is 51.9 Å². The standard InChI is InChI=1S/C16H12BrF3N4O2/c1-24-13-8-9(17)2-7-12(13)14(22-24)15(23-25)21-10-3-5-11(6-4-10)26-16(18,19)20/h2-8,25H,1H3,(H,21,23). The van der Waals surface area contributed by atoms with Gasteiger partial charge in [0.15, 0.2) is 5.84 Å². The number of aromatic nitrogens is 2. The van der Waals surface area contributed by atoms with E-state index in [1.807, 2.05) is 23.7 Å². The fourth-order valence-corrected chi connectivity index (χ4v) is 2.74. The molecule has 1 aromatic heterocycles. The number of aryl methyl sites for hydroxylation is 1. The lowest BCUT2D eigenvalue weighted by Gasteiger charge is -2.08. The largest absolute Gasteiger partial charge is 0.573 e. The van der Waals surface area contributed by atoms with Gasteiger partial charge in [0.25, 0.3) is 0 Å². The number of hydroxylamine groups is 1. The predicted octanol–water partition coefficient (Wildman–Crippen LogP) is 4.29. The summed E-state index contributed by atoms with van der Waals surface area (Å²) < 4.78 is 42.9. The normalized spacial score (nSPS) is 12.5. The Labute approximate surface area is 154 Å². The number of ether oxygens (including phenoxy) is 1. The fraction of sp³-hybridized carbons (Fsp3) is 0.125. The molecule has 0 amide bonds. The predicted molar refractivity (Wildman–Crippen MR) is 92.7 cm³/mol. The summed E-state index contributed by atoms with van der Waals surface area (Å²) in [7, 11) is 1.75. The minimum Gasteiger partial charge on any atom is -0.406 e. The van der Waals surface area contributed by atoms with Gasteiger partial charge in [0.1, 0.15) is 11.4 Å². The second kappa shape index (κ2) is 6.96. The monoisotopic (exact) mass is 428 g/mol. The van der Waals surface area contributed by atoms with Crippen LogP contribution in [-0.4, -0.2) is 27.2 Å². The Morgan fingerprint density at radius 2 is 1.92 bits per heavy atom. The van der Waals surface area contributed by atoms with E-state index in [9.17, 15) is 18.4 Å². The van der Waals surface area contributed by atoms with E-state index >= 15 is 0 Å². The second-order valence-corrected chi connectivity index (χ2v) is 6.16. The van der Waals surface area contributed by atoms with Crippen molar-refractivity contribution in [3.05, 3.63) is 52.6 Å². The van der Waals surface area contributed by atoms with Crippen LogP contribution in [0.5, 0.6) is 5.75 Å². The Kier molecular flexibility index (Phi) is 4.88. The van der Waals surface area contributed by atoms with Gasteiger partial charge < -0.3 is 4.74 Å². The first-order valence-electron chi connectivity index (χ1n) is 7.24. The van der Waals surface area contributed by atoms with Gasteiger partial charge in [-0.2, -0.15) is 5.10 Å². The Bertz CT molecular complexity index is 968. The van der Waals surface area contributed by atoms with E-state index in [1.165, 1.54) is 12.1 Å². The summed E-state index contributed by atoms with van der Waals surface area (Å²) in [6, 6.07) is 10.4. The van der Waals surface area contributed by atoms with Gasteiger partial charge in [0.2, 0.25) is 0 Å². The summed E-state index contributed by atoms with van der Waals surface area (Å²) in [6.45, 7) is 0. The Morgan fingerprint density at radius 1 is 1.23 bits per heavy atom. The van der Waals surface area contributed by atoms with Gasteiger partial charge in [0, 0.05) is 16.9 Å². The van der Waals surface area contributed by atoms with Gasteiger partial charge in [-0.3, -0.25) is 15.4 Å². The fourth-order valence-electron chi connectivity index (χ4n) is 2.39. The van der Waals surface area contributed by atoms with Crippen LogP contribution in [0.3, 0.4) is 0 Å². The molecule has 26 heavy (non-hydrogen) atoms. The van der Waals surface area contributed by atoms with Crippen LogP contribution >= 0.6 is 15.9 Å². The first kappa shape index (κ1) is 18.2. The van der Waals surface area contributed by atoms with Gasteiger partial charge >= 0.3 is 6.36 Å². The first-order chi connectivity index (χ1) is 12.3. The van der Waals surface area contributed by atoms with Crippen molar-refractivity contribution in [1.82, 2.24) is 15.3 Å². The summed E-state index contributed by atoms with van der Waals surface area (Å²) in [4.78, 5) is 4.20. The zero-order valence-electron chi connectivity index (χ0n) is 13.3. The molecule has 0 unspecified atom stereocenters. The van der Waals surface area contributed by atoms with Crippen LogP contribution < -0.4 is 10.2 Å². The SMILES string of the molecule is Cn1nc(C(=Nc2ccc(OC(F)(F)F)cc2)NO)c2ccc(Br)cc21. The molecule has 0 spiro atoms. The number of aliphatic imine (C=N–C) groups is 1. The third-order valence-electron chi connectivity index (χ3n) is 3.45. The zero-order chi connectivity index (χ0) is 18.9.